The largest absolute Gasteiger partial charge is 0.416 e. The van der Waals surface area contributed by atoms with Crippen LogP contribution >= 0.6 is 0 Å². The molecule has 0 bridgehead atoms. The van der Waals surface area contributed by atoms with Crippen LogP contribution in [0.25, 0.3) is 0 Å². The number of carbonyl (C=O) groups is 2. The number of benzene rings is 2. The highest BCUT2D eigenvalue weighted by Gasteiger charge is 2.30. The van der Waals surface area contributed by atoms with Crippen molar-refractivity contribution in [3.8, 4) is 0 Å². The molecule has 0 atom stereocenters. The van der Waals surface area contributed by atoms with Gasteiger partial charge in [-0.15, -0.1) is 0 Å². The van der Waals surface area contributed by atoms with Crippen molar-refractivity contribution in [1.82, 2.24) is 5.32 Å². The molecule has 150 valence electrons. The van der Waals surface area contributed by atoms with E-state index in [4.69, 9.17) is 0 Å². The summed E-state index contributed by atoms with van der Waals surface area (Å²) in [5.74, 6) is -0.756. The maximum Gasteiger partial charge on any atom is 0.416 e. The second-order valence-corrected chi connectivity index (χ2v) is 7.27. The van der Waals surface area contributed by atoms with E-state index in [1.54, 1.807) is 24.3 Å². The third-order valence-electron chi connectivity index (χ3n) is 3.54. The van der Waals surface area contributed by atoms with Gasteiger partial charge in [0.1, 0.15) is 0 Å². The standard InChI is InChI=1S/C20H22F3N3O2/c1-19(2,3)26-18(28)13-6-4-8-15(10-13)24-12-17(27)25-16-9-5-7-14(11-16)20(21,22)23/h4-11,24H,12H2,1-3H3,(H,25,27)(H,26,28). The Labute approximate surface area is 161 Å². The number of carbonyl (C=O) groups excluding carboxylic acids is 2. The van der Waals surface area contributed by atoms with Crippen LogP contribution in [-0.4, -0.2) is 23.9 Å². The Morgan fingerprint density at radius 3 is 2.21 bits per heavy atom. The summed E-state index contributed by atoms with van der Waals surface area (Å²) < 4.78 is 38.2. The monoisotopic (exact) mass is 393 g/mol. The van der Waals surface area contributed by atoms with Gasteiger partial charge in [0, 0.05) is 22.5 Å². The fraction of sp³-hybridized carbons (Fsp3) is 0.300. The number of hydrogen-bond acceptors (Lipinski definition) is 3. The van der Waals surface area contributed by atoms with Crippen LogP contribution in [0, 0.1) is 0 Å². The highest BCUT2D eigenvalue weighted by atomic mass is 19.4. The predicted molar refractivity (Wildman–Crippen MR) is 102 cm³/mol. The maximum atomic E-state index is 12.7. The summed E-state index contributed by atoms with van der Waals surface area (Å²) in [6.07, 6.45) is -4.48. The first kappa shape index (κ1) is 21.3. The van der Waals surface area contributed by atoms with Crippen molar-refractivity contribution in [2.45, 2.75) is 32.5 Å². The first-order chi connectivity index (χ1) is 12.9. The number of alkyl halides is 3. The van der Waals surface area contributed by atoms with Crippen molar-refractivity contribution in [3.05, 3.63) is 59.7 Å². The van der Waals surface area contributed by atoms with Crippen LogP contribution in [0.15, 0.2) is 48.5 Å². The third-order valence-corrected chi connectivity index (χ3v) is 3.54. The molecule has 0 unspecified atom stereocenters. The lowest BCUT2D eigenvalue weighted by atomic mass is 10.1. The van der Waals surface area contributed by atoms with E-state index in [0.717, 1.165) is 12.1 Å². The van der Waals surface area contributed by atoms with Crippen LogP contribution in [0.2, 0.25) is 0 Å². The molecular weight excluding hydrogens is 371 g/mol. The maximum absolute atomic E-state index is 12.7. The van der Waals surface area contributed by atoms with E-state index in [1.807, 2.05) is 20.8 Å². The van der Waals surface area contributed by atoms with Gasteiger partial charge in [0.15, 0.2) is 0 Å². The van der Waals surface area contributed by atoms with E-state index in [0.29, 0.717) is 11.3 Å². The van der Waals surface area contributed by atoms with E-state index in [1.165, 1.54) is 12.1 Å². The van der Waals surface area contributed by atoms with Gasteiger partial charge in [-0.1, -0.05) is 12.1 Å². The van der Waals surface area contributed by atoms with Crippen molar-refractivity contribution in [2.75, 3.05) is 17.2 Å². The molecule has 0 aliphatic heterocycles. The average molecular weight is 393 g/mol. The summed E-state index contributed by atoms with van der Waals surface area (Å²) in [6, 6.07) is 11.0. The molecule has 0 aromatic heterocycles. The quantitative estimate of drug-likeness (QED) is 0.710. The first-order valence-corrected chi connectivity index (χ1v) is 8.58. The Balaban J connectivity index is 1.96. The number of halogens is 3. The summed E-state index contributed by atoms with van der Waals surface area (Å²) in [4.78, 5) is 24.2. The zero-order valence-electron chi connectivity index (χ0n) is 15.8. The zero-order valence-corrected chi connectivity index (χ0v) is 15.8. The molecule has 3 N–H and O–H groups in total. The Hall–Kier alpha value is -3.03. The molecule has 0 saturated heterocycles. The van der Waals surface area contributed by atoms with Gasteiger partial charge in [0.05, 0.1) is 12.1 Å². The molecule has 2 aromatic carbocycles. The van der Waals surface area contributed by atoms with E-state index < -0.39 is 17.6 Å². The number of rotatable bonds is 5. The van der Waals surface area contributed by atoms with E-state index in [9.17, 15) is 22.8 Å². The molecule has 2 amide bonds. The number of hydrogen-bond donors (Lipinski definition) is 3. The predicted octanol–water partition coefficient (Wildman–Crippen LogP) is 4.28. The fourth-order valence-electron chi connectivity index (χ4n) is 2.34. The molecule has 0 aliphatic rings. The summed E-state index contributed by atoms with van der Waals surface area (Å²) >= 11 is 0. The molecule has 5 nitrogen and oxygen atoms in total. The Kier molecular flexibility index (Phi) is 6.33. The molecule has 2 aromatic rings. The average Bonchev–Trinajstić information content (AvgIpc) is 2.58. The number of amides is 2. The molecule has 0 heterocycles. The second kappa shape index (κ2) is 8.33. The molecule has 0 fully saturated rings. The van der Waals surface area contributed by atoms with Crippen molar-refractivity contribution in [2.24, 2.45) is 0 Å². The van der Waals surface area contributed by atoms with Crippen LogP contribution in [-0.2, 0) is 11.0 Å². The Morgan fingerprint density at radius 2 is 1.57 bits per heavy atom. The molecule has 0 aliphatic carbocycles. The minimum absolute atomic E-state index is 0.0555. The van der Waals surface area contributed by atoms with Crippen LogP contribution < -0.4 is 16.0 Å². The molecular formula is C20H22F3N3O2. The summed E-state index contributed by atoms with van der Waals surface area (Å²) in [5, 5.41) is 8.11. The zero-order chi connectivity index (χ0) is 20.9. The van der Waals surface area contributed by atoms with Gasteiger partial charge in [-0.2, -0.15) is 13.2 Å². The normalized spacial score (nSPS) is 11.6. The van der Waals surface area contributed by atoms with Gasteiger partial charge in [-0.3, -0.25) is 9.59 Å². The number of anilines is 2. The molecule has 0 saturated carbocycles. The van der Waals surface area contributed by atoms with Gasteiger partial charge in [0.25, 0.3) is 5.91 Å². The van der Waals surface area contributed by atoms with Gasteiger partial charge >= 0.3 is 6.18 Å². The topological polar surface area (TPSA) is 70.2 Å². The lowest BCUT2D eigenvalue weighted by Crippen LogP contribution is -2.40. The fourth-order valence-corrected chi connectivity index (χ4v) is 2.34. The minimum atomic E-state index is -4.48. The van der Waals surface area contributed by atoms with Gasteiger partial charge in [0.2, 0.25) is 5.91 Å². The van der Waals surface area contributed by atoms with Crippen molar-refractivity contribution in [3.63, 3.8) is 0 Å². The smallest absolute Gasteiger partial charge is 0.376 e. The van der Waals surface area contributed by atoms with Gasteiger partial charge in [-0.25, -0.2) is 0 Å². The van der Waals surface area contributed by atoms with Crippen LogP contribution in [0.5, 0.6) is 0 Å². The van der Waals surface area contributed by atoms with E-state index in [2.05, 4.69) is 16.0 Å². The van der Waals surface area contributed by atoms with Crippen LogP contribution in [0.4, 0.5) is 24.5 Å². The summed E-state index contributed by atoms with van der Waals surface area (Å²) in [5.41, 5.74) is -0.194. The van der Waals surface area contributed by atoms with Crippen molar-refractivity contribution >= 4 is 23.2 Å². The molecule has 8 heteroatoms. The Morgan fingerprint density at radius 1 is 0.929 bits per heavy atom. The SMILES string of the molecule is CC(C)(C)NC(=O)c1cccc(NCC(=O)Nc2cccc(C(F)(F)F)c2)c1. The summed E-state index contributed by atoms with van der Waals surface area (Å²) in [7, 11) is 0. The van der Waals surface area contributed by atoms with Crippen LogP contribution in [0.3, 0.4) is 0 Å². The lowest BCUT2D eigenvalue weighted by Gasteiger charge is -2.20. The van der Waals surface area contributed by atoms with E-state index in [-0.39, 0.29) is 23.7 Å². The van der Waals surface area contributed by atoms with E-state index >= 15 is 0 Å². The molecule has 2 rings (SSSR count). The van der Waals surface area contributed by atoms with Gasteiger partial charge in [-0.05, 0) is 57.2 Å². The summed E-state index contributed by atoms with van der Waals surface area (Å²) in [6.45, 7) is 5.43. The molecule has 0 spiro atoms. The first-order valence-electron chi connectivity index (χ1n) is 8.58. The van der Waals surface area contributed by atoms with Crippen molar-refractivity contribution in [1.29, 1.82) is 0 Å². The second-order valence-electron chi connectivity index (χ2n) is 7.27. The lowest BCUT2D eigenvalue weighted by molar-refractivity contribution is -0.137. The molecule has 28 heavy (non-hydrogen) atoms. The molecule has 0 radical (unpaired) electrons. The minimum Gasteiger partial charge on any atom is -0.376 e. The highest BCUT2D eigenvalue weighted by Crippen LogP contribution is 2.30. The number of nitrogens with one attached hydrogen (secondary N) is 3. The van der Waals surface area contributed by atoms with Gasteiger partial charge < -0.3 is 16.0 Å². The highest BCUT2D eigenvalue weighted by molar-refractivity contribution is 5.96. The Bertz CT molecular complexity index is 858. The van der Waals surface area contributed by atoms with Crippen LogP contribution in [0.1, 0.15) is 36.7 Å². The third kappa shape index (κ3) is 6.61. The van der Waals surface area contributed by atoms with Crippen molar-refractivity contribution < 1.29 is 22.8 Å².